The van der Waals surface area contributed by atoms with Gasteiger partial charge in [-0.1, -0.05) is 0 Å². The second-order valence-corrected chi connectivity index (χ2v) is 7.33. The molecule has 0 saturated heterocycles. The number of anilines is 1. The lowest BCUT2D eigenvalue weighted by Gasteiger charge is -2.18. The molecule has 0 aliphatic carbocycles. The van der Waals surface area contributed by atoms with Gasteiger partial charge in [0, 0.05) is 26.2 Å². The first kappa shape index (κ1) is 19.8. The fourth-order valence-corrected chi connectivity index (χ4v) is 5.84. The summed E-state index contributed by atoms with van der Waals surface area (Å²) in [5.41, 5.74) is 0.969. The van der Waals surface area contributed by atoms with Gasteiger partial charge in [0.25, 0.3) is 0 Å². The van der Waals surface area contributed by atoms with Gasteiger partial charge in [-0.3, -0.25) is 9.59 Å². The van der Waals surface area contributed by atoms with E-state index in [2.05, 4.69) is 10.6 Å². The smallest absolute Gasteiger partial charge is 0.337 e. The third-order valence-corrected chi connectivity index (χ3v) is 6.00. The van der Waals surface area contributed by atoms with Crippen molar-refractivity contribution in [3.8, 4) is 0 Å². The molecule has 0 aromatic heterocycles. The van der Waals surface area contributed by atoms with E-state index < -0.39 is 18.5 Å². The lowest BCUT2D eigenvalue weighted by atomic mass is 10.1. The summed E-state index contributed by atoms with van der Waals surface area (Å²) in [6.07, 6.45) is 0. The molecule has 1 rings (SSSR count). The van der Waals surface area contributed by atoms with Crippen LogP contribution in [0.15, 0.2) is 0 Å². The van der Waals surface area contributed by atoms with Crippen LogP contribution in [0.1, 0.15) is 22.8 Å². The first-order valence-corrected chi connectivity index (χ1v) is 9.02. The second kappa shape index (κ2) is 8.58. The zero-order valence-electron chi connectivity index (χ0n) is 11.2. The zero-order valence-corrected chi connectivity index (χ0v) is 17.6. The molecule has 0 aliphatic heterocycles. The van der Waals surface area contributed by atoms with Crippen LogP contribution >= 0.6 is 67.8 Å². The minimum atomic E-state index is -1.13. The zero-order chi connectivity index (χ0) is 17.0. The van der Waals surface area contributed by atoms with E-state index in [1.54, 1.807) is 0 Å². The Morgan fingerprint density at radius 3 is 2.14 bits per heavy atom. The van der Waals surface area contributed by atoms with Gasteiger partial charge in [0.15, 0.2) is 0 Å². The first-order chi connectivity index (χ1) is 10.2. The Hall–Kier alpha value is -0.220. The number of carbonyl (C=O) groups is 3. The predicted molar refractivity (Wildman–Crippen MR) is 105 cm³/mol. The number of hydrogen-bond donors (Lipinski definition) is 4. The van der Waals surface area contributed by atoms with Crippen molar-refractivity contribution in [1.29, 1.82) is 0 Å². The van der Waals surface area contributed by atoms with E-state index in [4.69, 9.17) is 5.11 Å². The van der Waals surface area contributed by atoms with Crippen LogP contribution in [0.3, 0.4) is 0 Å². The van der Waals surface area contributed by atoms with Crippen molar-refractivity contribution in [1.82, 2.24) is 5.32 Å². The lowest BCUT2D eigenvalue weighted by molar-refractivity contribution is -0.119. The molecule has 0 atom stereocenters. The molecule has 0 bridgehead atoms. The van der Waals surface area contributed by atoms with Crippen molar-refractivity contribution in [3.63, 3.8) is 0 Å². The Balaban J connectivity index is 3.52. The average Bonchev–Trinajstić information content (AvgIpc) is 2.42. The van der Waals surface area contributed by atoms with Gasteiger partial charge in [-0.25, -0.2) is 4.79 Å². The first-order valence-electron chi connectivity index (χ1n) is 5.78. The molecule has 0 unspecified atom stereocenters. The normalized spacial score (nSPS) is 10.2. The molecular weight excluding hydrogens is 633 g/mol. The van der Waals surface area contributed by atoms with E-state index in [-0.39, 0.29) is 18.0 Å². The largest absolute Gasteiger partial charge is 0.478 e. The van der Waals surface area contributed by atoms with Crippen LogP contribution in [-0.2, 0) is 16.1 Å². The number of amides is 2. The topological polar surface area (TPSA) is 116 Å². The Morgan fingerprint density at radius 2 is 1.68 bits per heavy atom. The fraction of sp³-hybridized carbons (Fsp3) is 0.250. The number of aliphatic hydroxyl groups excluding tert-OH is 1. The predicted octanol–water partition coefficient (Wildman–Crippen LogP) is 1.77. The number of carboxylic acids is 1. The SMILES string of the molecule is CC(=O)NCc1c(I)c(NC(=O)CO)c(I)c(C(=O)O)c1I. The van der Waals surface area contributed by atoms with Gasteiger partial charge in [-0.05, 0) is 67.8 Å². The number of carbonyl (C=O) groups excluding carboxylic acids is 2. The highest BCUT2D eigenvalue weighted by Crippen LogP contribution is 2.35. The maximum absolute atomic E-state index is 11.5. The van der Waals surface area contributed by atoms with Crippen LogP contribution in [0.2, 0.25) is 0 Å². The van der Waals surface area contributed by atoms with Crippen LogP contribution < -0.4 is 10.6 Å². The quantitative estimate of drug-likeness (QED) is 0.365. The van der Waals surface area contributed by atoms with Crippen molar-refractivity contribution in [3.05, 3.63) is 21.8 Å². The number of halogens is 3. The third kappa shape index (κ3) is 4.64. The minimum absolute atomic E-state index is 0.0511. The van der Waals surface area contributed by atoms with E-state index in [9.17, 15) is 19.5 Å². The number of rotatable bonds is 5. The van der Waals surface area contributed by atoms with Crippen LogP contribution in [0, 0.1) is 10.7 Å². The molecule has 120 valence electrons. The third-order valence-electron chi connectivity index (χ3n) is 2.54. The number of aromatic carboxylic acids is 1. The molecule has 0 spiro atoms. The number of hydrogen-bond acceptors (Lipinski definition) is 4. The number of carboxylic acid groups (broad SMARTS) is 1. The van der Waals surface area contributed by atoms with Gasteiger partial charge in [-0.15, -0.1) is 0 Å². The summed E-state index contributed by atoms with van der Waals surface area (Å²) < 4.78 is 1.48. The van der Waals surface area contributed by atoms with Crippen LogP contribution in [0.4, 0.5) is 5.69 Å². The Morgan fingerprint density at radius 1 is 1.09 bits per heavy atom. The average molecular weight is 644 g/mol. The lowest BCUT2D eigenvalue weighted by Crippen LogP contribution is -2.24. The standard InChI is InChI=1S/C12H11I3N2O5/c1-4(19)16-2-5-8(13)7(12(21)22)10(15)11(9(5)14)17-6(20)3-18/h18H,2-3H2,1H3,(H,16,19)(H,17,20)(H,21,22). The molecular formula is C12H11I3N2O5. The van der Waals surface area contributed by atoms with E-state index in [0.29, 0.717) is 22.0 Å². The van der Waals surface area contributed by atoms with Gasteiger partial charge in [-0.2, -0.15) is 0 Å². The monoisotopic (exact) mass is 644 g/mol. The maximum atomic E-state index is 11.5. The summed E-state index contributed by atoms with van der Waals surface area (Å²) in [6, 6.07) is 0. The molecule has 0 aliphatic rings. The van der Waals surface area contributed by atoms with Gasteiger partial charge >= 0.3 is 5.97 Å². The van der Waals surface area contributed by atoms with E-state index in [0.717, 1.165) is 0 Å². The second-order valence-electron chi connectivity index (χ2n) is 4.09. The van der Waals surface area contributed by atoms with Crippen molar-refractivity contribution < 1.29 is 24.6 Å². The molecule has 10 heteroatoms. The van der Waals surface area contributed by atoms with E-state index >= 15 is 0 Å². The molecule has 7 nitrogen and oxygen atoms in total. The highest BCUT2D eigenvalue weighted by atomic mass is 127. The van der Waals surface area contributed by atoms with E-state index in [1.165, 1.54) is 6.92 Å². The van der Waals surface area contributed by atoms with Gasteiger partial charge < -0.3 is 20.8 Å². The van der Waals surface area contributed by atoms with Crippen LogP contribution in [-0.4, -0.2) is 34.6 Å². The molecule has 1 aromatic rings. The van der Waals surface area contributed by atoms with Crippen LogP contribution in [0.5, 0.6) is 0 Å². The maximum Gasteiger partial charge on any atom is 0.337 e. The van der Waals surface area contributed by atoms with Crippen molar-refractivity contribution in [2.45, 2.75) is 13.5 Å². The summed E-state index contributed by atoms with van der Waals surface area (Å²) in [4.78, 5) is 34.0. The molecule has 0 radical (unpaired) electrons. The summed E-state index contributed by atoms with van der Waals surface area (Å²) >= 11 is 5.73. The molecule has 22 heavy (non-hydrogen) atoms. The van der Waals surface area contributed by atoms with Gasteiger partial charge in [0.05, 0.1) is 14.8 Å². The minimum Gasteiger partial charge on any atom is -0.478 e. The number of aliphatic hydroxyl groups is 1. The number of nitrogens with one attached hydrogen (secondary N) is 2. The molecule has 4 N–H and O–H groups in total. The summed E-state index contributed by atoms with van der Waals surface area (Å²) in [5.74, 6) is -2.02. The Kier molecular flexibility index (Phi) is 7.73. The van der Waals surface area contributed by atoms with E-state index in [1.807, 2.05) is 67.8 Å². The molecule has 0 saturated carbocycles. The Bertz CT molecular complexity index is 648. The summed E-state index contributed by atoms with van der Waals surface area (Å²) in [5, 5.41) is 23.4. The highest BCUT2D eigenvalue weighted by molar-refractivity contribution is 14.1. The van der Waals surface area contributed by atoms with Crippen LogP contribution in [0.25, 0.3) is 0 Å². The van der Waals surface area contributed by atoms with Gasteiger partial charge in [0.1, 0.15) is 6.61 Å². The molecule has 0 heterocycles. The van der Waals surface area contributed by atoms with Gasteiger partial charge in [0.2, 0.25) is 11.8 Å². The van der Waals surface area contributed by atoms with Crippen molar-refractivity contribution in [2.24, 2.45) is 0 Å². The highest BCUT2D eigenvalue weighted by Gasteiger charge is 2.25. The fourth-order valence-electron chi connectivity index (χ4n) is 1.56. The summed E-state index contributed by atoms with van der Waals surface area (Å²) in [7, 11) is 0. The number of benzene rings is 1. The summed E-state index contributed by atoms with van der Waals surface area (Å²) in [6.45, 7) is 0.797. The Labute approximate surface area is 167 Å². The molecule has 1 aromatic carbocycles. The molecule has 2 amide bonds. The van der Waals surface area contributed by atoms with Crippen molar-refractivity contribution >= 4 is 91.2 Å². The molecule has 0 fully saturated rings. The van der Waals surface area contributed by atoms with Crippen molar-refractivity contribution in [2.75, 3.05) is 11.9 Å².